The van der Waals surface area contributed by atoms with Crippen LogP contribution in [0.5, 0.6) is 0 Å². The number of carbonyl (C=O) groups is 1. The second kappa shape index (κ2) is 8.52. The highest BCUT2D eigenvalue weighted by atomic mass is 79.9. The third kappa shape index (κ3) is 4.66. The third-order valence-corrected chi connectivity index (χ3v) is 7.68. The van der Waals surface area contributed by atoms with E-state index in [2.05, 4.69) is 15.9 Å². The van der Waals surface area contributed by atoms with E-state index in [0.29, 0.717) is 0 Å². The normalized spacial score (nSPS) is 15.8. The summed E-state index contributed by atoms with van der Waals surface area (Å²) in [6, 6.07) is 8.76. The second-order valence-electron chi connectivity index (χ2n) is 5.96. The zero-order valence-electron chi connectivity index (χ0n) is 14.5. The molecule has 28 heavy (non-hydrogen) atoms. The minimum Gasteiger partial charge on any atom is -0.337 e. The van der Waals surface area contributed by atoms with E-state index in [9.17, 15) is 23.3 Å². The Morgan fingerprint density at radius 2 is 1.89 bits per heavy atom. The molecule has 0 aliphatic carbocycles. The molecule has 148 valence electrons. The van der Waals surface area contributed by atoms with Gasteiger partial charge < -0.3 is 4.90 Å². The lowest BCUT2D eigenvalue weighted by Gasteiger charge is -2.33. The summed E-state index contributed by atoms with van der Waals surface area (Å²) in [5.74, 6) is -0.183. The van der Waals surface area contributed by atoms with Crippen molar-refractivity contribution in [1.82, 2.24) is 9.21 Å². The molecule has 0 bridgehead atoms. The van der Waals surface area contributed by atoms with Gasteiger partial charge in [0.15, 0.2) is 0 Å². The second-order valence-corrected chi connectivity index (χ2v) is 10.4. The van der Waals surface area contributed by atoms with Gasteiger partial charge in [-0.3, -0.25) is 14.9 Å². The Morgan fingerprint density at radius 1 is 1.18 bits per heavy atom. The predicted octanol–water partition coefficient (Wildman–Crippen LogP) is 2.97. The Morgan fingerprint density at radius 3 is 2.50 bits per heavy atom. The molecule has 2 heterocycles. The monoisotopic (exact) mass is 485 g/mol. The number of nitro groups is 1. The minimum atomic E-state index is -3.85. The molecule has 0 radical (unpaired) electrons. The summed E-state index contributed by atoms with van der Waals surface area (Å²) >= 11 is 4.87. The van der Waals surface area contributed by atoms with Crippen molar-refractivity contribution in [2.45, 2.75) is 4.90 Å². The quantitative estimate of drug-likeness (QED) is 0.368. The Hall–Kier alpha value is -2.08. The van der Waals surface area contributed by atoms with E-state index in [4.69, 9.17) is 0 Å². The highest BCUT2D eigenvalue weighted by Crippen LogP contribution is 2.24. The fraction of sp³-hybridized carbons (Fsp3) is 0.235. The summed E-state index contributed by atoms with van der Waals surface area (Å²) < 4.78 is 27.7. The first-order valence-electron chi connectivity index (χ1n) is 8.24. The molecule has 1 aliphatic heterocycles. The Labute approximate surface area is 174 Å². The van der Waals surface area contributed by atoms with Crippen molar-refractivity contribution in [2.75, 3.05) is 26.2 Å². The number of piperazine rings is 1. The molecule has 1 amide bonds. The number of non-ortho nitro benzene ring substituents is 1. The molecule has 8 nitrogen and oxygen atoms in total. The van der Waals surface area contributed by atoms with Crippen LogP contribution in [0.15, 0.2) is 51.2 Å². The van der Waals surface area contributed by atoms with Crippen molar-refractivity contribution in [3.05, 3.63) is 61.3 Å². The van der Waals surface area contributed by atoms with Crippen LogP contribution in [-0.4, -0.2) is 54.6 Å². The van der Waals surface area contributed by atoms with Crippen LogP contribution in [0.25, 0.3) is 6.08 Å². The zero-order chi connectivity index (χ0) is 20.3. The standard InChI is InChI=1S/C17H16BrN3O5S2/c18-16-6-4-14(27-16)5-7-17(22)19-8-10-20(11-9-19)28(25,26)15-3-1-2-13(12-15)21(23)24/h1-7,12H,8-11H2/b7-5+. The minimum absolute atomic E-state index is 0.121. The summed E-state index contributed by atoms with van der Waals surface area (Å²) in [7, 11) is -3.85. The van der Waals surface area contributed by atoms with Gasteiger partial charge in [-0.05, 0) is 40.2 Å². The molecule has 0 atom stereocenters. The Balaban J connectivity index is 1.64. The Kier molecular flexibility index (Phi) is 6.28. The number of carbonyl (C=O) groups excluding carboxylic acids is 1. The van der Waals surface area contributed by atoms with Crippen LogP contribution in [0.1, 0.15) is 4.88 Å². The number of thiophene rings is 1. The first-order valence-corrected chi connectivity index (χ1v) is 11.3. The number of hydrogen-bond acceptors (Lipinski definition) is 6. The smallest absolute Gasteiger partial charge is 0.270 e. The van der Waals surface area contributed by atoms with Crippen LogP contribution in [0.4, 0.5) is 5.69 Å². The first kappa shape index (κ1) is 20.6. The van der Waals surface area contributed by atoms with Gasteiger partial charge in [0.25, 0.3) is 5.69 Å². The average Bonchev–Trinajstić information content (AvgIpc) is 3.11. The maximum atomic E-state index is 12.7. The number of nitrogens with zero attached hydrogens (tertiary/aromatic N) is 3. The molecule has 0 N–H and O–H groups in total. The lowest BCUT2D eigenvalue weighted by Crippen LogP contribution is -2.50. The highest BCUT2D eigenvalue weighted by Gasteiger charge is 2.30. The maximum absolute atomic E-state index is 12.7. The predicted molar refractivity (Wildman–Crippen MR) is 109 cm³/mol. The van der Waals surface area contributed by atoms with Crippen LogP contribution in [0.2, 0.25) is 0 Å². The third-order valence-electron chi connectivity index (χ3n) is 4.20. The van der Waals surface area contributed by atoms with Gasteiger partial charge in [-0.25, -0.2) is 8.42 Å². The van der Waals surface area contributed by atoms with E-state index in [-0.39, 0.29) is 42.7 Å². The van der Waals surface area contributed by atoms with Gasteiger partial charge in [-0.2, -0.15) is 4.31 Å². The van der Waals surface area contributed by atoms with Crippen molar-refractivity contribution in [2.24, 2.45) is 0 Å². The van der Waals surface area contributed by atoms with Crippen LogP contribution >= 0.6 is 27.3 Å². The van der Waals surface area contributed by atoms with Crippen molar-refractivity contribution >= 4 is 55.0 Å². The van der Waals surface area contributed by atoms with Gasteiger partial charge in [0.2, 0.25) is 15.9 Å². The van der Waals surface area contributed by atoms with E-state index in [1.165, 1.54) is 39.9 Å². The van der Waals surface area contributed by atoms with E-state index < -0.39 is 14.9 Å². The van der Waals surface area contributed by atoms with Gasteiger partial charge in [0.05, 0.1) is 13.6 Å². The van der Waals surface area contributed by atoms with Gasteiger partial charge in [0, 0.05) is 49.3 Å². The molecule has 1 aromatic carbocycles. The number of hydrogen-bond donors (Lipinski definition) is 0. The number of rotatable bonds is 5. The van der Waals surface area contributed by atoms with Gasteiger partial charge in [-0.1, -0.05) is 6.07 Å². The van der Waals surface area contributed by atoms with Crippen molar-refractivity contribution < 1.29 is 18.1 Å². The zero-order valence-corrected chi connectivity index (χ0v) is 17.7. The molecule has 1 saturated heterocycles. The van der Waals surface area contributed by atoms with E-state index in [1.807, 2.05) is 12.1 Å². The molecule has 0 saturated carbocycles. The lowest BCUT2D eigenvalue weighted by atomic mass is 10.3. The van der Waals surface area contributed by atoms with E-state index in [0.717, 1.165) is 14.7 Å². The molecular weight excluding hydrogens is 470 g/mol. The number of halogens is 1. The van der Waals surface area contributed by atoms with E-state index >= 15 is 0 Å². The van der Waals surface area contributed by atoms with Crippen LogP contribution in [0, 0.1) is 10.1 Å². The largest absolute Gasteiger partial charge is 0.337 e. The molecular formula is C17H16BrN3O5S2. The summed E-state index contributed by atoms with van der Waals surface area (Å²) in [5.41, 5.74) is -0.278. The number of sulfonamides is 1. The number of benzene rings is 1. The molecule has 1 aliphatic rings. The fourth-order valence-electron chi connectivity index (χ4n) is 2.73. The van der Waals surface area contributed by atoms with Crippen LogP contribution in [-0.2, 0) is 14.8 Å². The molecule has 1 fully saturated rings. The van der Waals surface area contributed by atoms with E-state index in [1.54, 1.807) is 11.0 Å². The molecule has 0 unspecified atom stereocenters. The van der Waals surface area contributed by atoms with Crippen molar-refractivity contribution in [1.29, 1.82) is 0 Å². The summed E-state index contributed by atoms with van der Waals surface area (Å²) in [5, 5.41) is 10.9. The highest BCUT2D eigenvalue weighted by molar-refractivity contribution is 9.11. The topological polar surface area (TPSA) is 101 Å². The van der Waals surface area contributed by atoms with Gasteiger partial charge >= 0.3 is 0 Å². The number of amides is 1. The average molecular weight is 486 g/mol. The molecule has 0 spiro atoms. The number of nitro benzene ring substituents is 1. The van der Waals surface area contributed by atoms with Gasteiger partial charge in [-0.15, -0.1) is 11.3 Å². The summed E-state index contributed by atoms with van der Waals surface area (Å²) in [4.78, 5) is 25.0. The van der Waals surface area contributed by atoms with Crippen LogP contribution < -0.4 is 0 Å². The van der Waals surface area contributed by atoms with Crippen LogP contribution in [0.3, 0.4) is 0 Å². The lowest BCUT2D eigenvalue weighted by molar-refractivity contribution is -0.385. The SMILES string of the molecule is O=C(/C=C/c1ccc(Br)s1)N1CCN(S(=O)(=O)c2cccc([N+](=O)[O-])c2)CC1. The molecule has 1 aromatic heterocycles. The maximum Gasteiger partial charge on any atom is 0.270 e. The van der Waals surface area contributed by atoms with Crippen molar-refractivity contribution in [3.8, 4) is 0 Å². The van der Waals surface area contributed by atoms with Crippen molar-refractivity contribution in [3.63, 3.8) is 0 Å². The molecule has 11 heteroatoms. The molecule has 3 rings (SSSR count). The fourth-order valence-corrected chi connectivity index (χ4v) is 5.52. The molecule has 2 aromatic rings. The summed E-state index contributed by atoms with van der Waals surface area (Å²) in [6.07, 6.45) is 3.20. The first-order chi connectivity index (χ1) is 13.3. The Bertz CT molecular complexity index is 1030. The van der Waals surface area contributed by atoms with Gasteiger partial charge in [0.1, 0.15) is 0 Å². The summed E-state index contributed by atoms with van der Waals surface area (Å²) in [6.45, 7) is 0.779.